The molecule has 1 amide bonds. The number of likely N-dealkylation sites (tertiary alicyclic amines) is 1. The Morgan fingerprint density at radius 1 is 1.28 bits per heavy atom. The molecular formula is C18H19F3N2O2. The van der Waals surface area contributed by atoms with Crippen molar-refractivity contribution in [2.24, 2.45) is 7.05 Å². The van der Waals surface area contributed by atoms with Crippen molar-refractivity contribution in [3.63, 3.8) is 0 Å². The molecule has 0 bridgehead atoms. The molecule has 1 aliphatic heterocycles. The van der Waals surface area contributed by atoms with Gasteiger partial charge in [-0.2, -0.15) is 13.2 Å². The Labute approximate surface area is 143 Å². The first-order valence-corrected chi connectivity index (χ1v) is 7.96. The lowest BCUT2D eigenvalue weighted by Crippen LogP contribution is -2.33. The lowest BCUT2D eigenvalue weighted by atomic mass is 10.0. The fourth-order valence-corrected chi connectivity index (χ4v) is 3.39. The molecule has 2 aromatic rings. The highest BCUT2D eigenvalue weighted by Crippen LogP contribution is 2.37. The van der Waals surface area contributed by atoms with E-state index >= 15 is 0 Å². The van der Waals surface area contributed by atoms with Crippen molar-refractivity contribution < 1.29 is 23.1 Å². The van der Waals surface area contributed by atoms with Crippen LogP contribution in [0.1, 0.15) is 39.6 Å². The molecule has 25 heavy (non-hydrogen) atoms. The van der Waals surface area contributed by atoms with Gasteiger partial charge >= 0.3 is 6.18 Å². The Balaban J connectivity index is 1.97. The fraction of sp³-hybridized carbons (Fsp3) is 0.389. The summed E-state index contributed by atoms with van der Waals surface area (Å²) >= 11 is 0. The summed E-state index contributed by atoms with van der Waals surface area (Å²) in [4.78, 5) is 14.4. The Morgan fingerprint density at radius 2 is 2.00 bits per heavy atom. The molecule has 0 saturated carbocycles. The number of β-amino-alcohol motifs (C(OH)–C–C–N with tert-alkyl or cyclic N) is 1. The highest BCUT2D eigenvalue weighted by atomic mass is 19.4. The maximum atomic E-state index is 13.0. The van der Waals surface area contributed by atoms with Crippen molar-refractivity contribution in [2.45, 2.75) is 31.7 Å². The largest absolute Gasteiger partial charge is 0.416 e. The molecule has 1 saturated heterocycles. The predicted octanol–water partition coefficient (Wildman–Crippen LogP) is 3.30. The maximum Gasteiger partial charge on any atom is 0.416 e. The van der Waals surface area contributed by atoms with Crippen molar-refractivity contribution >= 4 is 5.91 Å². The van der Waals surface area contributed by atoms with Gasteiger partial charge in [-0.05, 0) is 42.7 Å². The molecule has 1 aliphatic rings. The van der Waals surface area contributed by atoms with Crippen LogP contribution in [-0.2, 0) is 13.2 Å². The van der Waals surface area contributed by atoms with Crippen molar-refractivity contribution in [1.29, 1.82) is 0 Å². The zero-order valence-electron chi connectivity index (χ0n) is 13.9. The van der Waals surface area contributed by atoms with Gasteiger partial charge in [-0.25, -0.2) is 0 Å². The van der Waals surface area contributed by atoms with Gasteiger partial charge in [0.25, 0.3) is 5.91 Å². The van der Waals surface area contributed by atoms with Gasteiger partial charge in [0.15, 0.2) is 0 Å². The highest BCUT2D eigenvalue weighted by molar-refractivity contribution is 5.94. The molecule has 2 unspecified atom stereocenters. The number of aliphatic hydroxyl groups excluding tert-OH is 1. The fourth-order valence-electron chi connectivity index (χ4n) is 3.39. The van der Waals surface area contributed by atoms with E-state index < -0.39 is 23.9 Å². The van der Waals surface area contributed by atoms with Gasteiger partial charge in [-0.1, -0.05) is 12.1 Å². The number of hydrogen-bond donors (Lipinski definition) is 1. The molecule has 7 heteroatoms. The predicted molar refractivity (Wildman–Crippen MR) is 86.0 cm³/mol. The van der Waals surface area contributed by atoms with E-state index in [-0.39, 0.29) is 18.9 Å². The van der Waals surface area contributed by atoms with Crippen LogP contribution in [-0.4, -0.2) is 33.1 Å². The highest BCUT2D eigenvalue weighted by Gasteiger charge is 2.38. The summed E-state index contributed by atoms with van der Waals surface area (Å²) in [6.45, 7) is 1.91. The number of alkyl halides is 3. The Kier molecular flexibility index (Phi) is 4.36. The third-order valence-electron chi connectivity index (χ3n) is 4.62. The number of aliphatic hydroxyl groups is 1. The molecule has 2 heterocycles. The lowest BCUT2D eigenvalue weighted by Gasteiger charge is -2.26. The van der Waals surface area contributed by atoms with E-state index in [9.17, 15) is 23.1 Å². The standard InChI is InChI=1S/C18H19F3N2O2/c1-11-6-7-22(2)16(11)17(25)23-10-14(24)9-15(23)12-4-3-5-13(8-12)18(19,20)21/h3-8,14-15,24H,9-10H2,1-2H3. The van der Waals surface area contributed by atoms with E-state index in [1.54, 1.807) is 36.9 Å². The van der Waals surface area contributed by atoms with Gasteiger partial charge in [0.1, 0.15) is 5.69 Å². The lowest BCUT2D eigenvalue weighted by molar-refractivity contribution is -0.137. The first-order chi connectivity index (χ1) is 11.7. The van der Waals surface area contributed by atoms with Crippen LogP contribution in [0.4, 0.5) is 13.2 Å². The van der Waals surface area contributed by atoms with Gasteiger partial charge in [0, 0.05) is 19.8 Å². The minimum atomic E-state index is -4.45. The summed E-state index contributed by atoms with van der Waals surface area (Å²) in [6, 6.07) is 6.18. The first kappa shape index (κ1) is 17.5. The van der Waals surface area contributed by atoms with E-state index in [4.69, 9.17) is 0 Å². The average Bonchev–Trinajstić information content (AvgIpc) is 3.09. The third kappa shape index (κ3) is 3.28. The number of benzene rings is 1. The molecule has 134 valence electrons. The van der Waals surface area contributed by atoms with Crippen molar-refractivity contribution in [3.05, 3.63) is 58.9 Å². The van der Waals surface area contributed by atoms with Crippen LogP contribution in [0.3, 0.4) is 0 Å². The van der Waals surface area contributed by atoms with Crippen molar-refractivity contribution in [2.75, 3.05) is 6.54 Å². The molecule has 1 aromatic heterocycles. The third-order valence-corrected chi connectivity index (χ3v) is 4.62. The number of hydrogen-bond acceptors (Lipinski definition) is 2. The minimum absolute atomic E-state index is 0.102. The van der Waals surface area contributed by atoms with E-state index in [1.165, 1.54) is 11.0 Å². The summed E-state index contributed by atoms with van der Waals surface area (Å²) < 4.78 is 40.6. The summed E-state index contributed by atoms with van der Waals surface area (Å²) in [5.74, 6) is -0.288. The molecule has 4 nitrogen and oxygen atoms in total. The van der Waals surface area contributed by atoms with Crippen LogP contribution in [0.5, 0.6) is 0 Å². The number of halogens is 3. The smallest absolute Gasteiger partial charge is 0.391 e. The van der Waals surface area contributed by atoms with Gasteiger partial charge in [0.2, 0.25) is 0 Å². The molecule has 0 spiro atoms. The quantitative estimate of drug-likeness (QED) is 0.901. The van der Waals surface area contributed by atoms with Crippen LogP contribution < -0.4 is 0 Å². The summed E-state index contributed by atoms with van der Waals surface area (Å²) in [5.41, 5.74) is 0.892. The van der Waals surface area contributed by atoms with Gasteiger partial charge in [-0.3, -0.25) is 4.79 Å². The van der Waals surface area contributed by atoms with Crippen molar-refractivity contribution in [1.82, 2.24) is 9.47 Å². The zero-order chi connectivity index (χ0) is 18.4. The Hall–Kier alpha value is -2.28. The topological polar surface area (TPSA) is 45.5 Å². The van der Waals surface area contributed by atoms with E-state index in [0.29, 0.717) is 11.3 Å². The molecule has 3 rings (SSSR count). The summed E-state index contributed by atoms with van der Waals surface area (Å²) in [7, 11) is 1.74. The Morgan fingerprint density at radius 3 is 2.60 bits per heavy atom. The Bertz CT molecular complexity index is 778. The number of amides is 1. The number of nitrogens with zero attached hydrogens (tertiary/aromatic N) is 2. The zero-order valence-corrected chi connectivity index (χ0v) is 13.9. The molecule has 1 fully saturated rings. The molecule has 2 atom stereocenters. The summed E-state index contributed by atoms with van der Waals surface area (Å²) in [6.07, 6.45) is -3.23. The van der Waals surface area contributed by atoms with E-state index in [2.05, 4.69) is 0 Å². The number of aromatic nitrogens is 1. The van der Waals surface area contributed by atoms with Gasteiger partial charge < -0.3 is 14.6 Å². The molecular weight excluding hydrogens is 333 g/mol. The second-order valence-corrected chi connectivity index (χ2v) is 6.44. The normalized spacial score (nSPS) is 21.0. The monoisotopic (exact) mass is 352 g/mol. The second kappa shape index (κ2) is 6.22. The van der Waals surface area contributed by atoms with E-state index in [1.807, 2.05) is 0 Å². The van der Waals surface area contributed by atoms with Gasteiger partial charge in [-0.15, -0.1) is 0 Å². The van der Waals surface area contributed by atoms with Crippen LogP contribution >= 0.6 is 0 Å². The molecule has 0 radical (unpaired) electrons. The van der Waals surface area contributed by atoms with Crippen molar-refractivity contribution in [3.8, 4) is 0 Å². The second-order valence-electron chi connectivity index (χ2n) is 6.44. The van der Waals surface area contributed by atoms with E-state index in [0.717, 1.165) is 17.7 Å². The first-order valence-electron chi connectivity index (χ1n) is 7.96. The SMILES string of the molecule is Cc1ccn(C)c1C(=O)N1CC(O)CC1c1cccc(C(F)(F)F)c1. The number of carbonyl (C=O) groups is 1. The number of rotatable bonds is 2. The average molecular weight is 352 g/mol. The van der Waals surface area contributed by atoms with Crippen LogP contribution in [0.2, 0.25) is 0 Å². The molecule has 1 N–H and O–H groups in total. The van der Waals surface area contributed by atoms with Crippen LogP contribution in [0, 0.1) is 6.92 Å². The minimum Gasteiger partial charge on any atom is -0.391 e. The summed E-state index contributed by atoms with van der Waals surface area (Å²) in [5, 5.41) is 10.0. The number of aryl methyl sites for hydroxylation is 2. The maximum absolute atomic E-state index is 13.0. The van der Waals surface area contributed by atoms with Gasteiger partial charge in [0.05, 0.1) is 17.7 Å². The number of carbonyl (C=O) groups excluding carboxylic acids is 1. The molecule has 0 aliphatic carbocycles. The van der Waals surface area contributed by atoms with Crippen LogP contribution in [0.25, 0.3) is 0 Å². The van der Waals surface area contributed by atoms with Crippen LogP contribution in [0.15, 0.2) is 36.5 Å². The molecule has 1 aromatic carbocycles.